The highest BCUT2D eigenvalue weighted by Crippen LogP contribution is 2.33. The smallest absolute Gasteiger partial charge is 0.156 e. The van der Waals surface area contributed by atoms with Crippen molar-refractivity contribution in [2.24, 2.45) is 5.73 Å². The normalized spacial score (nSPS) is 14.2. The Hall–Kier alpha value is -3.52. The second-order valence-electron chi connectivity index (χ2n) is 7.02. The number of rotatable bonds is 4. The molecule has 29 heavy (non-hydrogen) atoms. The number of nitrogens with zero attached hydrogens (tertiary/aromatic N) is 5. The first kappa shape index (κ1) is 17.6. The van der Waals surface area contributed by atoms with E-state index in [0.717, 1.165) is 29.8 Å². The first-order chi connectivity index (χ1) is 14.1. The number of benzene rings is 1. The Labute approximate surface area is 166 Å². The molecule has 8 heteroatoms. The number of aromatic nitrogens is 4. The Balaban J connectivity index is 1.61. The molecular formula is C21H19FN6O. The van der Waals surface area contributed by atoms with Gasteiger partial charge in [0.2, 0.25) is 0 Å². The molecule has 3 aromatic heterocycles. The minimum Gasteiger partial charge on any atom is -0.496 e. The second kappa shape index (κ2) is 6.82. The molecule has 1 aliphatic heterocycles. The average molecular weight is 390 g/mol. The lowest BCUT2D eigenvalue weighted by Crippen LogP contribution is -2.56. The van der Waals surface area contributed by atoms with Crippen molar-refractivity contribution in [1.82, 2.24) is 19.7 Å². The molecule has 1 saturated heterocycles. The third-order valence-electron chi connectivity index (χ3n) is 5.07. The van der Waals surface area contributed by atoms with E-state index in [-0.39, 0.29) is 6.04 Å². The molecule has 5 rings (SSSR count). The lowest BCUT2D eigenvalue weighted by Gasteiger charge is -2.37. The minimum atomic E-state index is -0.392. The highest BCUT2D eigenvalue weighted by Gasteiger charge is 2.24. The van der Waals surface area contributed by atoms with Gasteiger partial charge in [-0.25, -0.2) is 14.1 Å². The number of anilines is 1. The topological polar surface area (TPSA) is 82.1 Å². The summed E-state index contributed by atoms with van der Waals surface area (Å²) in [6.45, 7) is 1.58. The standard InChI is InChI=1S/C21H19FN6O/c1-29-18-5-2-4-15(22)21(18)16-8-17-13(9-24-16)10-25-28(17)20-7-3-6-19(26-20)27-11-14(23)12-27/h2-10,14H,11-12,23H2,1H3. The quantitative estimate of drug-likeness (QED) is 0.577. The Morgan fingerprint density at radius 3 is 2.69 bits per heavy atom. The zero-order valence-electron chi connectivity index (χ0n) is 15.8. The largest absolute Gasteiger partial charge is 0.496 e. The monoisotopic (exact) mass is 390 g/mol. The van der Waals surface area contributed by atoms with Gasteiger partial charge in [0, 0.05) is 30.7 Å². The van der Waals surface area contributed by atoms with Gasteiger partial charge >= 0.3 is 0 Å². The van der Waals surface area contributed by atoms with Crippen LogP contribution in [0.25, 0.3) is 28.0 Å². The third kappa shape index (κ3) is 2.98. The SMILES string of the molecule is COc1cccc(F)c1-c1cc2c(cn1)cnn2-c1cccc(N2CC(N)C2)n1. The zero-order chi connectivity index (χ0) is 20.0. The molecule has 0 unspecified atom stereocenters. The summed E-state index contributed by atoms with van der Waals surface area (Å²) in [6, 6.07) is 12.5. The van der Waals surface area contributed by atoms with Crippen LogP contribution in [0.2, 0.25) is 0 Å². The summed E-state index contributed by atoms with van der Waals surface area (Å²) in [5.74, 6) is 1.57. The number of methoxy groups -OCH3 is 1. The van der Waals surface area contributed by atoms with Crippen LogP contribution in [0.1, 0.15) is 0 Å². The van der Waals surface area contributed by atoms with Gasteiger partial charge in [0.15, 0.2) is 5.82 Å². The van der Waals surface area contributed by atoms with Crippen molar-refractivity contribution in [3.05, 3.63) is 60.7 Å². The van der Waals surface area contributed by atoms with E-state index in [1.54, 1.807) is 35.3 Å². The predicted octanol–water partition coefficient (Wildman–Crippen LogP) is 2.78. The van der Waals surface area contributed by atoms with E-state index in [0.29, 0.717) is 22.8 Å². The molecular weight excluding hydrogens is 371 g/mol. The van der Waals surface area contributed by atoms with Crippen molar-refractivity contribution in [3.63, 3.8) is 0 Å². The summed E-state index contributed by atoms with van der Waals surface area (Å²) >= 11 is 0. The molecule has 0 amide bonds. The molecule has 0 aliphatic carbocycles. The van der Waals surface area contributed by atoms with Crippen LogP contribution in [-0.2, 0) is 0 Å². The van der Waals surface area contributed by atoms with Crippen molar-refractivity contribution < 1.29 is 9.13 Å². The van der Waals surface area contributed by atoms with Crippen LogP contribution in [-0.4, -0.2) is 46.0 Å². The molecule has 1 aromatic carbocycles. The van der Waals surface area contributed by atoms with Gasteiger partial charge in [0.25, 0.3) is 0 Å². The van der Waals surface area contributed by atoms with Gasteiger partial charge in [0.05, 0.1) is 30.1 Å². The lowest BCUT2D eigenvalue weighted by molar-refractivity contribution is 0.413. The molecule has 0 bridgehead atoms. The van der Waals surface area contributed by atoms with Gasteiger partial charge in [-0.3, -0.25) is 4.98 Å². The van der Waals surface area contributed by atoms with Gasteiger partial charge in [0.1, 0.15) is 17.4 Å². The first-order valence-electron chi connectivity index (χ1n) is 9.28. The van der Waals surface area contributed by atoms with Crippen molar-refractivity contribution in [1.29, 1.82) is 0 Å². The van der Waals surface area contributed by atoms with Crippen LogP contribution >= 0.6 is 0 Å². The molecule has 1 aliphatic rings. The van der Waals surface area contributed by atoms with Gasteiger partial charge in [-0.05, 0) is 30.3 Å². The number of ether oxygens (including phenoxy) is 1. The Kier molecular flexibility index (Phi) is 4.13. The summed E-state index contributed by atoms with van der Waals surface area (Å²) in [6.07, 6.45) is 3.40. The number of fused-ring (bicyclic) bond motifs is 1. The van der Waals surface area contributed by atoms with Crippen LogP contribution < -0.4 is 15.4 Å². The molecule has 4 heterocycles. The zero-order valence-corrected chi connectivity index (χ0v) is 15.8. The average Bonchev–Trinajstić information content (AvgIpc) is 3.14. The van der Waals surface area contributed by atoms with E-state index < -0.39 is 5.82 Å². The molecule has 2 N–H and O–H groups in total. The van der Waals surface area contributed by atoms with Gasteiger partial charge in [-0.1, -0.05) is 12.1 Å². The minimum absolute atomic E-state index is 0.190. The maximum absolute atomic E-state index is 14.5. The van der Waals surface area contributed by atoms with Crippen molar-refractivity contribution >= 4 is 16.7 Å². The fourth-order valence-electron chi connectivity index (χ4n) is 3.57. The third-order valence-corrected chi connectivity index (χ3v) is 5.07. The van der Waals surface area contributed by atoms with Crippen LogP contribution in [0.4, 0.5) is 10.2 Å². The molecule has 0 saturated carbocycles. The number of hydrogen-bond donors (Lipinski definition) is 1. The van der Waals surface area contributed by atoms with Gasteiger partial charge in [-0.2, -0.15) is 5.10 Å². The van der Waals surface area contributed by atoms with Gasteiger partial charge < -0.3 is 15.4 Å². The molecule has 0 radical (unpaired) electrons. The van der Waals surface area contributed by atoms with Crippen molar-refractivity contribution in [3.8, 4) is 22.8 Å². The van der Waals surface area contributed by atoms with Crippen LogP contribution in [0.15, 0.2) is 54.9 Å². The van der Waals surface area contributed by atoms with Gasteiger partial charge in [-0.15, -0.1) is 0 Å². The lowest BCUT2D eigenvalue weighted by atomic mass is 10.1. The van der Waals surface area contributed by atoms with E-state index in [1.807, 2.05) is 18.2 Å². The van der Waals surface area contributed by atoms with Crippen molar-refractivity contribution in [2.45, 2.75) is 6.04 Å². The molecule has 0 atom stereocenters. The second-order valence-corrected chi connectivity index (χ2v) is 7.02. The van der Waals surface area contributed by atoms with E-state index in [2.05, 4.69) is 15.0 Å². The van der Waals surface area contributed by atoms with E-state index in [4.69, 9.17) is 15.5 Å². The maximum Gasteiger partial charge on any atom is 0.156 e. The number of nitrogens with two attached hydrogens (primary N) is 1. The molecule has 7 nitrogen and oxygen atoms in total. The van der Waals surface area contributed by atoms with E-state index >= 15 is 0 Å². The highest BCUT2D eigenvalue weighted by atomic mass is 19.1. The summed E-state index contributed by atoms with van der Waals surface area (Å²) in [5, 5.41) is 5.31. The number of pyridine rings is 2. The molecule has 0 spiro atoms. The Bertz CT molecular complexity index is 1200. The number of halogens is 1. The van der Waals surface area contributed by atoms with Crippen LogP contribution in [0, 0.1) is 5.82 Å². The molecule has 4 aromatic rings. The fourth-order valence-corrected chi connectivity index (χ4v) is 3.57. The number of hydrogen-bond acceptors (Lipinski definition) is 6. The summed E-state index contributed by atoms with van der Waals surface area (Å²) < 4.78 is 21.6. The Morgan fingerprint density at radius 2 is 1.90 bits per heavy atom. The predicted molar refractivity (Wildman–Crippen MR) is 109 cm³/mol. The first-order valence-corrected chi connectivity index (χ1v) is 9.28. The van der Waals surface area contributed by atoms with E-state index in [1.165, 1.54) is 13.2 Å². The summed E-state index contributed by atoms with van der Waals surface area (Å²) in [5.41, 5.74) is 7.46. The summed E-state index contributed by atoms with van der Waals surface area (Å²) in [7, 11) is 1.51. The highest BCUT2D eigenvalue weighted by molar-refractivity contribution is 5.84. The Morgan fingerprint density at radius 1 is 1.10 bits per heavy atom. The van der Waals surface area contributed by atoms with Crippen molar-refractivity contribution in [2.75, 3.05) is 25.1 Å². The molecule has 146 valence electrons. The summed E-state index contributed by atoms with van der Waals surface area (Å²) in [4.78, 5) is 11.3. The molecule has 1 fully saturated rings. The van der Waals surface area contributed by atoms with E-state index in [9.17, 15) is 4.39 Å². The fraction of sp³-hybridized carbons (Fsp3) is 0.190. The van der Waals surface area contributed by atoms with Crippen LogP contribution in [0.5, 0.6) is 5.75 Å². The van der Waals surface area contributed by atoms with Crippen LogP contribution in [0.3, 0.4) is 0 Å². The maximum atomic E-state index is 14.5.